The van der Waals surface area contributed by atoms with E-state index in [1.165, 1.54) is 3.57 Å². The number of rotatable bonds is 1. The molecule has 50 valence electrons. The van der Waals surface area contributed by atoms with E-state index in [1.54, 1.807) is 0 Å². The third-order valence-corrected chi connectivity index (χ3v) is 4.58. The van der Waals surface area contributed by atoms with E-state index in [4.69, 9.17) is 8.91 Å². The molecule has 0 saturated heterocycles. The predicted octanol–water partition coefficient (Wildman–Crippen LogP) is 3.15. The van der Waals surface area contributed by atoms with Crippen molar-refractivity contribution in [3.05, 3.63) is 33.9 Å². The topological polar surface area (TPSA) is 0 Å². The number of hydrogen-bond acceptors (Lipinski definition) is 0. The molecule has 0 atom stereocenters. The van der Waals surface area contributed by atoms with Gasteiger partial charge in [-0.05, 0) is 0 Å². The van der Waals surface area contributed by atoms with Crippen LogP contribution < -0.4 is 0 Å². The molecule has 0 aliphatic carbocycles. The van der Waals surface area contributed by atoms with E-state index in [9.17, 15) is 0 Å². The van der Waals surface area contributed by atoms with E-state index < -0.39 is 18.7 Å². The zero-order valence-electron chi connectivity index (χ0n) is 5.14. The Morgan fingerprint density at radius 3 is 2.11 bits per heavy atom. The fraction of sp³-hybridized carbons (Fsp3) is 0.143. The van der Waals surface area contributed by atoms with Crippen LogP contribution in [0.2, 0.25) is 0 Å². The molecule has 0 aromatic heterocycles. The first-order valence-corrected chi connectivity index (χ1v) is 8.59. The molecule has 0 N–H and O–H groups in total. The van der Waals surface area contributed by atoms with Crippen molar-refractivity contribution in [1.82, 2.24) is 0 Å². The molecule has 0 fully saturated rings. The van der Waals surface area contributed by atoms with Crippen LogP contribution >= 0.6 is 27.6 Å². The van der Waals surface area contributed by atoms with Gasteiger partial charge in [-0.15, -0.1) is 0 Å². The molecule has 0 unspecified atom stereocenters. The third-order valence-electron chi connectivity index (χ3n) is 1.03. The van der Waals surface area contributed by atoms with Gasteiger partial charge in [-0.3, -0.25) is 0 Å². The molecule has 1 aromatic rings. The van der Waals surface area contributed by atoms with E-state index >= 15 is 0 Å². The molecule has 9 heavy (non-hydrogen) atoms. The number of halogens is 2. The van der Waals surface area contributed by atoms with Crippen LogP contribution in [0.15, 0.2) is 30.3 Å². The van der Waals surface area contributed by atoms with E-state index in [1.807, 2.05) is 18.2 Å². The molecule has 0 amide bonds. The summed E-state index contributed by atoms with van der Waals surface area (Å²) in [5.41, 5.74) is 0. The zero-order chi connectivity index (χ0) is 6.69. The molecule has 1 rings (SSSR count). The number of benzene rings is 1. The molecule has 0 radical (unpaired) electrons. The van der Waals surface area contributed by atoms with Crippen LogP contribution in [0, 0.1) is 3.57 Å². The number of hydrogen-bond donors (Lipinski definition) is 0. The van der Waals surface area contributed by atoms with Gasteiger partial charge in [0.25, 0.3) is 0 Å². The Labute approximate surface area is 66.3 Å². The minimum absolute atomic E-state index is 1.21. The van der Waals surface area contributed by atoms with Crippen molar-refractivity contribution >= 4 is 27.6 Å². The predicted molar refractivity (Wildman–Crippen MR) is 50.9 cm³/mol. The van der Waals surface area contributed by atoms with Gasteiger partial charge in [0.2, 0.25) is 0 Å². The van der Waals surface area contributed by atoms with E-state index in [0.717, 1.165) is 0 Å². The van der Waals surface area contributed by atoms with E-state index in [0.29, 0.717) is 0 Å². The maximum absolute atomic E-state index is 5.96. The summed E-state index contributed by atoms with van der Waals surface area (Å²) >= 11 is -1.21. The molecule has 0 saturated carbocycles. The van der Waals surface area contributed by atoms with E-state index in [2.05, 4.69) is 17.1 Å². The van der Waals surface area contributed by atoms with Crippen LogP contribution in [-0.4, -0.2) is 4.93 Å². The van der Waals surface area contributed by atoms with Crippen LogP contribution in [0.3, 0.4) is 0 Å². The van der Waals surface area contributed by atoms with Gasteiger partial charge in [-0.25, -0.2) is 0 Å². The number of alkyl halides is 1. The standard InChI is InChI=1S/C7H8ClI/c1-9(8)7-5-3-2-4-6-7/h2-6H,1H3. The fourth-order valence-electron chi connectivity index (χ4n) is 0.588. The fourth-order valence-corrected chi connectivity index (χ4v) is 2.63. The Morgan fingerprint density at radius 1 is 1.22 bits per heavy atom. The normalized spacial score (nSPS) is 11.1. The Hall–Kier alpha value is 0.240. The monoisotopic (exact) mass is 254 g/mol. The van der Waals surface area contributed by atoms with Crippen LogP contribution in [-0.2, 0) is 0 Å². The summed E-state index contributed by atoms with van der Waals surface area (Å²) in [5, 5.41) is 0. The van der Waals surface area contributed by atoms with Gasteiger partial charge in [0.15, 0.2) is 0 Å². The summed E-state index contributed by atoms with van der Waals surface area (Å²) in [6.07, 6.45) is 0. The van der Waals surface area contributed by atoms with Crippen molar-refractivity contribution in [2.75, 3.05) is 4.93 Å². The van der Waals surface area contributed by atoms with Crippen LogP contribution in [0.4, 0.5) is 0 Å². The molecule has 0 bridgehead atoms. The second-order valence-electron chi connectivity index (χ2n) is 1.70. The van der Waals surface area contributed by atoms with Gasteiger partial charge in [0.05, 0.1) is 0 Å². The van der Waals surface area contributed by atoms with Gasteiger partial charge in [0, 0.05) is 0 Å². The van der Waals surface area contributed by atoms with Crippen molar-refractivity contribution in [3.63, 3.8) is 0 Å². The molecule has 0 spiro atoms. The Balaban J connectivity index is 2.85. The van der Waals surface area contributed by atoms with Crippen molar-refractivity contribution < 1.29 is 0 Å². The summed E-state index contributed by atoms with van der Waals surface area (Å²) in [6.45, 7) is 0. The Morgan fingerprint density at radius 2 is 1.78 bits per heavy atom. The van der Waals surface area contributed by atoms with Crippen molar-refractivity contribution in [2.24, 2.45) is 0 Å². The summed E-state index contributed by atoms with van der Waals surface area (Å²) in [7, 11) is 5.96. The molecule has 2 heteroatoms. The van der Waals surface area contributed by atoms with Gasteiger partial charge in [0.1, 0.15) is 0 Å². The summed E-state index contributed by atoms with van der Waals surface area (Å²) in [4.78, 5) is 2.13. The first-order valence-electron chi connectivity index (χ1n) is 2.62. The van der Waals surface area contributed by atoms with Gasteiger partial charge >= 0.3 is 66.4 Å². The first-order chi connectivity index (χ1) is 4.30. The molecule has 0 aliphatic rings. The van der Waals surface area contributed by atoms with Crippen molar-refractivity contribution in [1.29, 1.82) is 0 Å². The minimum atomic E-state index is -1.21. The molecular formula is C7H8ClI. The van der Waals surface area contributed by atoms with Crippen LogP contribution in [0.25, 0.3) is 0 Å². The summed E-state index contributed by atoms with van der Waals surface area (Å²) in [6, 6.07) is 10.3. The molecular weight excluding hydrogens is 246 g/mol. The summed E-state index contributed by atoms with van der Waals surface area (Å²) in [5.74, 6) is 0. The molecule has 0 nitrogen and oxygen atoms in total. The van der Waals surface area contributed by atoms with Crippen LogP contribution in [0.5, 0.6) is 0 Å². The first kappa shape index (κ1) is 7.35. The third kappa shape index (κ3) is 2.14. The van der Waals surface area contributed by atoms with Crippen molar-refractivity contribution in [3.8, 4) is 0 Å². The Kier molecular flexibility index (Phi) is 2.79. The maximum atomic E-state index is 5.96. The SMILES string of the molecule is CI(Cl)c1ccccc1. The summed E-state index contributed by atoms with van der Waals surface area (Å²) < 4.78 is 1.34. The molecule has 0 heterocycles. The molecule has 0 aliphatic heterocycles. The van der Waals surface area contributed by atoms with Crippen molar-refractivity contribution in [2.45, 2.75) is 0 Å². The average molecular weight is 254 g/mol. The average Bonchev–Trinajstić information content (AvgIpc) is 1.90. The second kappa shape index (κ2) is 3.42. The Bertz CT molecular complexity index is 172. The molecule has 1 aromatic carbocycles. The van der Waals surface area contributed by atoms with Crippen LogP contribution in [0.1, 0.15) is 0 Å². The quantitative estimate of drug-likeness (QED) is 0.533. The van der Waals surface area contributed by atoms with Gasteiger partial charge in [-0.1, -0.05) is 0 Å². The van der Waals surface area contributed by atoms with E-state index in [-0.39, 0.29) is 0 Å². The second-order valence-corrected chi connectivity index (χ2v) is 8.12. The van der Waals surface area contributed by atoms with Gasteiger partial charge in [-0.2, -0.15) is 0 Å². The van der Waals surface area contributed by atoms with Gasteiger partial charge < -0.3 is 0 Å². The zero-order valence-corrected chi connectivity index (χ0v) is 8.06.